The Labute approximate surface area is 72.5 Å². The Balaban J connectivity index is 2.33. The van der Waals surface area contributed by atoms with Crippen LogP contribution in [0.1, 0.15) is 5.56 Å². The maximum atomic E-state index is 3.14. The molecule has 0 amide bonds. The van der Waals surface area contributed by atoms with Crippen LogP contribution in [0.25, 0.3) is 0 Å². The molecule has 62 valence electrons. The van der Waals surface area contributed by atoms with Crippen molar-refractivity contribution < 1.29 is 0 Å². The Morgan fingerprint density at radius 3 is 2.83 bits per heavy atom. The molecule has 1 aromatic rings. The second-order valence-corrected chi connectivity index (χ2v) is 2.93. The van der Waals surface area contributed by atoms with Gasteiger partial charge in [0, 0.05) is 18.1 Å². The number of hydrogen-bond donors (Lipinski definition) is 1. The van der Waals surface area contributed by atoms with Crippen LogP contribution >= 0.6 is 0 Å². The lowest BCUT2D eigenvalue weighted by atomic mass is 10.2. The number of nitrogens with one attached hydrogen (secondary N) is 1. The van der Waals surface area contributed by atoms with Crippen molar-refractivity contribution >= 4 is 5.69 Å². The lowest BCUT2D eigenvalue weighted by molar-refractivity contribution is 0.898. The van der Waals surface area contributed by atoms with E-state index in [0.717, 1.165) is 6.67 Å². The van der Waals surface area contributed by atoms with Gasteiger partial charge in [0.1, 0.15) is 0 Å². The smallest absolute Gasteiger partial charge is 0.0916 e. The standard InChI is InChI=1S/C10H12N2/c1-9-4-2-3-5-10(9)12-7-6-11-8-12/h2-7,11H,8H2,1H3. The van der Waals surface area contributed by atoms with Gasteiger partial charge in [-0.15, -0.1) is 0 Å². The number of benzene rings is 1. The summed E-state index contributed by atoms with van der Waals surface area (Å²) in [5.41, 5.74) is 2.59. The van der Waals surface area contributed by atoms with E-state index in [9.17, 15) is 0 Å². The predicted molar refractivity (Wildman–Crippen MR) is 50.8 cm³/mol. The molecule has 0 saturated heterocycles. The number of anilines is 1. The first-order valence-corrected chi connectivity index (χ1v) is 4.10. The van der Waals surface area contributed by atoms with Crippen LogP contribution in [0, 0.1) is 6.92 Å². The third-order valence-electron chi connectivity index (χ3n) is 2.06. The maximum absolute atomic E-state index is 3.14. The number of aryl methyl sites for hydroxylation is 1. The number of rotatable bonds is 1. The van der Waals surface area contributed by atoms with Gasteiger partial charge in [-0.05, 0) is 18.6 Å². The quantitative estimate of drug-likeness (QED) is 0.674. The van der Waals surface area contributed by atoms with E-state index in [-0.39, 0.29) is 0 Å². The fourth-order valence-electron chi connectivity index (χ4n) is 1.40. The Hall–Kier alpha value is -1.44. The summed E-state index contributed by atoms with van der Waals surface area (Å²) in [7, 11) is 0. The summed E-state index contributed by atoms with van der Waals surface area (Å²) in [5, 5.41) is 3.14. The van der Waals surface area contributed by atoms with Gasteiger partial charge in [0.2, 0.25) is 0 Å². The Morgan fingerprint density at radius 2 is 2.17 bits per heavy atom. The van der Waals surface area contributed by atoms with Crippen LogP contribution in [0.4, 0.5) is 5.69 Å². The average molecular weight is 160 g/mol. The third-order valence-corrected chi connectivity index (χ3v) is 2.06. The SMILES string of the molecule is Cc1ccccc1N1C=CNC1. The Bertz CT molecular complexity index is 304. The van der Waals surface area contributed by atoms with Crippen molar-refractivity contribution in [3.8, 4) is 0 Å². The van der Waals surface area contributed by atoms with Gasteiger partial charge < -0.3 is 10.2 Å². The molecule has 1 aliphatic heterocycles. The molecule has 0 radical (unpaired) electrons. The largest absolute Gasteiger partial charge is 0.372 e. The summed E-state index contributed by atoms with van der Waals surface area (Å²) < 4.78 is 0. The highest BCUT2D eigenvalue weighted by Gasteiger charge is 2.07. The Kier molecular flexibility index (Phi) is 1.74. The third kappa shape index (κ3) is 1.16. The zero-order valence-corrected chi connectivity index (χ0v) is 7.12. The van der Waals surface area contributed by atoms with E-state index in [2.05, 4.69) is 47.6 Å². The van der Waals surface area contributed by atoms with Crippen molar-refractivity contribution in [2.75, 3.05) is 11.6 Å². The molecule has 0 atom stereocenters. The molecule has 0 saturated carbocycles. The summed E-state index contributed by atoms with van der Waals surface area (Å²) in [5.74, 6) is 0. The van der Waals surface area contributed by atoms with Crippen molar-refractivity contribution in [3.05, 3.63) is 42.2 Å². The van der Waals surface area contributed by atoms with E-state index in [1.54, 1.807) is 0 Å². The minimum atomic E-state index is 0.880. The molecule has 12 heavy (non-hydrogen) atoms. The summed E-state index contributed by atoms with van der Waals surface area (Å²) in [6.45, 7) is 3.01. The van der Waals surface area contributed by atoms with E-state index in [0.29, 0.717) is 0 Å². The number of hydrogen-bond acceptors (Lipinski definition) is 2. The van der Waals surface area contributed by atoms with Crippen LogP contribution in [-0.2, 0) is 0 Å². The molecular weight excluding hydrogens is 148 g/mol. The molecule has 0 bridgehead atoms. The highest BCUT2D eigenvalue weighted by Crippen LogP contribution is 2.19. The normalized spacial score (nSPS) is 14.9. The molecule has 0 unspecified atom stereocenters. The fourth-order valence-corrected chi connectivity index (χ4v) is 1.40. The van der Waals surface area contributed by atoms with Crippen molar-refractivity contribution in [1.29, 1.82) is 0 Å². The topological polar surface area (TPSA) is 15.3 Å². The van der Waals surface area contributed by atoms with Gasteiger partial charge in [0.15, 0.2) is 0 Å². The molecule has 2 rings (SSSR count). The molecule has 0 aliphatic carbocycles. The van der Waals surface area contributed by atoms with E-state index in [1.807, 2.05) is 6.20 Å². The lowest BCUT2D eigenvalue weighted by Gasteiger charge is -2.16. The minimum absolute atomic E-state index is 0.880. The molecule has 1 aromatic carbocycles. The molecule has 1 heterocycles. The first kappa shape index (κ1) is 7.22. The summed E-state index contributed by atoms with van der Waals surface area (Å²) in [6.07, 6.45) is 4.02. The van der Waals surface area contributed by atoms with Crippen molar-refractivity contribution in [2.24, 2.45) is 0 Å². The summed E-state index contributed by atoms with van der Waals surface area (Å²) in [6, 6.07) is 8.38. The highest BCUT2D eigenvalue weighted by atomic mass is 15.2. The molecule has 1 N–H and O–H groups in total. The van der Waals surface area contributed by atoms with E-state index in [4.69, 9.17) is 0 Å². The van der Waals surface area contributed by atoms with Crippen LogP contribution in [-0.4, -0.2) is 6.67 Å². The fraction of sp³-hybridized carbons (Fsp3) is 0.200. The Morgan fingerprint density at radius 1 is 1.33 bits per heavy atom. The number of nitrogens with zero attached hydrogens (tertiary/aromatic N) is 1. The van der Waals surface area contributed by atoms with Gasteiger partial charge >= 0.3 is 0 Å². The molecule has 2 heteroatoms. The van der Waals surface area contributed by atoms with Crippen LogP contribution in [0.2, 0.25) is 0 Å². The van der Waals surface area contributed by atoms with Crippen molar-refractivity contribution in [1.82, 2.24) is 5.32 Å². The van der Waals surface area contributed by atoms with Crippen LogP contribution in [0.3, 0.4) is 0 Å². The van der Waals surface area contributed by atoms with Gasteiger partial charge in [0.25, 0.3) is 0 Å². The predicted octanol–water partition coefficient (Wildman–Crippen LogP) is 1.83. The highest BCUT2D eigenvalue weighted by molar-refractivity contribution is 5.55. The monoisotopic (exact) mass is 160 g/mol. The molecule has 0 spiro atoms. The van der Waals surface area contributed by atoms with Crippen molar-refractivity contribution in [3.63, 3.8) is 0 Å². The van der Waals surface area contributed by atoms with Crippen LogP contribution in [0.15, 0.2) is 36.7 Å². The van der Waals surface area contributed by atoms with Gasteiger partial charge in [-0.1, -0.05) is 18.2 Å². The molecule has 1 aliphatic rings. The summed E-state index contributed by atoms with van der Waals surface area (Å²) in [4.78, 5) is 2.19. The summed E-state index contributed by atoms with van der Waals surface area (Å²) >= 11 is 0. The zero-order chi connectivity index (χ0) is 8.39. The van der Waals surface area contributed by atoms with E-state index in [1.165, 1.54) is 11.3 Å². The van der Waals surface area contributed by atoms with Gasteiger partial charge in [0.05, 0.1) is 6.67 Å². The van der Waals surface area contributed by atoms with Crippen molar-refractivity contribution in [2.45, 2.75) is 6.92 Å². The second-order valence-electron chi connectivity index (χ2n) is 2.93. The first-order chi connectivity index (χ1) is 5.88. The van der Waals surface area contributed by atoms with Crippen LogP contribution in [0.5, 0.6) is 0 Å². The van der Waals surface area contributed by atoms with Crippen LogP contribution < -0.4 is 10.2 Å². The van der Waals surface area contributed by atoms with Gasteiger partial charge in [-0.2, -0.15) is 0 Å². The van der Waals surface area contributed by atoms with E-state index >= 15 is 0 Å². The van der Waals surface area contributed by atoms with E-state index < -0.39 is 0 Å². The maximum Gasteiger partial charge on any atom is 0.0916 e. The molecule has 2 nitrogen and oxygen atoms in total. The minimum Gasteiger partial charge on any atom is -0.372 e. The molecule has 0 fully saturated rings. The molecular formula is C10H12N2. The van der Waals surface area contributed by atoms with Gasteiger partial charge in [-0.3, -0.25) is 0 Å². The molecule has 0 aromatic heterocycles. The van der Waals surface area contributed by atoms with Gasteiger partial charge in [-0.25, -0.2) is 0 Å². The zero-order valence-electron chi connectivity index (χ0n) is 7.12. The second kappa shape index (κ2) is 2.89. The number of para-hydroxylation sites is 1. The first-order valence-electron chi connectivity index (χ1n) is 4.10. The average Bonchev–Trinajstić information content (AvgIpc) is 2.57. The lowest BCUT2D eigenvalue weighted by Crippen LogP contribution is -2.20.